The first kappa shape index (κ1) is 13.7. The number of hydrogen-bond donors (Lipinski definition) is 2. The number of carbonyl (C=O) groups is 1. The molecule has 94 valence electrons. The number of benzene rings is 1. The van der Waals surface area contributed by atoms with Crippen LogP contribution in [0.15, 0.2) is 24.3 Å². The zero-order valence-corrected chi connectivity index (χ0v) is 10.9. The summed E-state index contributed by atoms with van der Waals surface area (Å²) < 4.78 is 0. The van der Waals surface area contributed by atoms with E-state index in [1.54, 1.807) is 0 Å². The summed E-state index contributed by atoms with van der Waals surface area (Å²) in [5.41, 5.74) is 7.74. The third-order valence-electron chi connectivity index (χ3n) is 3.14. The third kappa shape index (κ3) is 4.19. The highest BCUT2D eigenvalue weighted by molar-refractivity contribution is 5.78. The molecule has 3 heteroatoms. The summed E-state index contributed by atoms with van der Waals surface area (Å²) >= 11 is 0. The van der Waals surface area contributed by atoms with Gasteiger partial charge < -0.3 is 11.1 Å². The van der Waals surface area contributed by atoms with Crippen LogP contribution in [0.5, 0.6) is 0 Å². The fraction of sp³-hybridized carbons (Fsp3) is 0.500. The zero-order valence-electron chi connectivity index (χ0n) is 10.9. The topological polar surface area (TPSA) is 55.1 Å². The van der Waals surface area contributed by atoms with E-state index >= 15 is 0 Å². The quantitative estimate of drug-likeness (QED) is 0.819. The number of amides is 1. The highest BCUT2D eigenvalue weighted by atomic mass is 16.1. The van der Waals surface area contributed by atoms with Crippen LogP contribution in [0.2, 0.25) is 0 Å². The first-order chi connectivity index (χ1) is 8.04. The van der Waals surface area contributed by atoms with Crippen molar-refractivity contribution < 1.29 is 4.79 Å². The summed E-state index contributed by atoms with van der Waals surface area (Å²) in [4.78, 5) is 11.7. The van der Waals surface area contributed by atoms with Gasteiger partial charge in [-0.15, -0.1) is 0 Å². The van der Waals surface area contributed by atoms with Gasteiger partial charge in [-0.25, -0.2) is 0 Å². The average molecular weight is 234 g/mol. The first-order valence-corrected chi connectivity index (χ1v) is 6.10. The molecule has 0 aliphatic rings. The molecule has 3 N–H and O–H groups in total. The number of rotatable bonds is 5. The van der Waals surface area contributed by atoms with Gasteiger partial charge in [0.2, 0.25) is 5.91 Å². The van der Waals surface area contributed by atoms with Crippen molar-refractivity contribution in [1.82, 2.24) is 5.32 Å². The molecule has 0 aromatic heterocycles. The van der Waals surface area contributed by atoms with Crippen molar-refractivity contribution in [3.63, 3.8) is 0 Å². The van der Waals surface area contributed by atoms with Crippen LogP contribution in [0, 0.1) is 11.8 Å². The Kier molecular flexibility index (Phi) is 5.16. The van der Waals surface area contributed by atoms with Crippen LogP contribution in [-0.4, -0.2) is 5.91 Å². The lowest BCUT2D eigenvalue weighted by Crippen LogP contribution is -2.31. The lowest BCUT2D eigenvalue weighted by atomic mass is 9.97. The molecule has 0 aliphatic carbocycles. The molecule has 1 amide bonds. The summed E-state index contributed by atoms with van der Waals surface area (Å²) in [7, 11) is 0. The standard InChI is InChI=1S/C14H22N2O/c1-10(2)11(3)14(17)16-9-13-6-4-12(8-15)5-7-13/h4-7,10-11H,8-9,15H2,1-3H3,(H,16,17). The van der Waals surface area contributed by atoms with E-state index in [1.807, 2.05) is 31.2 Å². The summed E-state index contributed by atoms with van der Waals surface area (Å²) in [6, 6.07) is 7.99. The molecule has 1 aromatic carbocycles. The van der Waals surface area contributed by atoms with E-state index in [9.17, 15) is 4.79 Å². The first-order valence-electron chi connectivity index (χ1n) is 6.10. The Morgan fingerprint density at radius 2 is 1.71 bits per heavy atom. The molecule has 1 atom stereocenters. The second-order valence-electron chi connectivity index (χ2n) is 4.77. The van der Waals surface area contributed by atoms with Gasteiger partial charge in [-0.1, -0.05) is 45.0 Å². The molecule has 17 heavy (non-hydrogen) atoms. The highest BCUT2D eigenvalue weighted by Crippen LogP contribution is 2.10. The monoisotopic (exact) mass is 234 g/mol. The van der Waals surface area contributed by atoms with Crippen molar-refractivity contribution in [2.24, 2.45) is 17.6 Å². The van der Waals surface area contributed by atoms with Crippen molar-refractivity contribution in [1.29, 1.82) is 0 Å². The molecule has 0 saturated heterocycles. The maximum atomic E-state index is 11.7. The largest absolute Gasteiger partial charge is 0.352 e. The molecule has 1 rings (SSSR count). The summed E-state index contributed by atoms with van der Waals surface area (Å²) in [5.74, 6) is 0.538. The van der Waals surface area contributed by atoms with Gasteiger partial charge in [0.1, 0.15) is 0 Å². The summed E-state index contributed by atoms with van der Waals surface area (Å²) in [6.45, 7) is 7.20. The van der Waals surface area contributed by atoms with Gasteiger partial charge in [-0.05, 0) is 17.0 Å². The predicted octanol–water partition coefficient (Wildman–Crippen LogP) is 2.05. The molecule has 0 bridgehead atoms. The van der Waals surface area contributed by atoms with E-state index in [1.165, 1.54) is 0 Å². The van der Waals surface area contributed by atoms with Crippen LogP contribution in [-0.2, 0) is 17.9 Å². The molecule has 0 fully saturated rings. The fourth-order valence-electron chi connectivity index (χ4n) is 1.45. The maximum Gasteiger partial charge on any atom is 0.223 e. The SMILES string of the molecule is CC(C)C(C)C(=O)NCc1ccc(CN)cc1. The Bertz CT molecular complexity index is 357. The third-order valence-corrected chi connectivity index (χ3v) is 3.14. The van der Waals surface area contributed by atoms with Gasteiger partial charge in [-0.3, -0.25) is 4.79 Å². The van der Waals surface area contributed by atoms with E-state index in [2.05, 4.69) is 19.2 Å². The smallest absolute Gasteiger partial charge is 0.223 e. The summed E-state index contributed by atoms with van der Waals surface area (Å²) in [5, 5.41) is 2.95. The number of nitrogens with one attached hydrogen (secondary N) is 1. The van der Waals surface area contributed by atoms with E-state index in [4.69, 9.17) is 5.73 Å². The molecular weight excluding hydrogens is 212 g/mol. The summed E-state index contributed by atoms with van der Waals surface area (Å²) in [6.07, 6.45) is 0. The Labute approximate surface area is 103 Å². The lowest BCUT2D eigenvalue weighted by Gasteiger charge is -2.15. The Morgan fingerprint density at radius 3 is 2.18 bits per heavy atom. The van der Waals surface area contributed by atoms with Crippen molar-refractivity contribution in [3.8, 4) is 0 Å². The van der Waals surface area contributed by atoms with Gasteiger partial charge in [0.05, 0.1) is 0 Å². The van der Waals surface area contributed by atoms with Gasteiger partial charge in [0.15, 0.2) is 0 Å². The molecule has 0 heterocycles. The van der Waals surface area contributed by atoms with Crippen LogP contribution in [0.4, 0.5) is 0 Å². The van der Waals surface area contributed by atoms with Gasteiger partial charge >= 0.3 is 0 Å². The molecule has 1 unspecified atom stereocenters. The number of nitrogens with two attached hydrogens (primary N) is 1. The fourth-order valence-corrected chi connectivity index (χ4v) is 1.45. The van der Waals surface area contributed by atoms with Crippen LogP contribution < -0.4 is 11.1 Å². The van der Waals surface area contributed by atoms with E-state index in [-0.39, 0.29) is 11.8 Å². The van der Waals surface area contributed by atoms with Gasteiger partial charge in [-0.2, -0.15) is 0 Å². The molecule has 0 spiro atoms. The van der Waals surface area contributed by atoms with E-state index < -0.39 is 0 Å². The Hall–Kier alpha value is -1.35. The minimum absolute atomic E-state index is 0.0540. The normalized spacial score (nSPS) is 12.5. The second-order valence-corrected chi connectivity index (χ2v) is 4.77. The second kappa shape index (κ2) is 6.40. The Balaban J connectivity index is 2.47. The minimum atomic E-state index is 0.0540. The van der Waals surface area contributed by atoms with E-state index in [0.717, 1.165) is 11.1 Å². The van der Waals surface area contributed by atoms with Gasteiger partial charge in [0.25, 0.3) is 0 Å². The van der Waals surface area contributed by atoms with Crippen LogP contribution in [0.25, 0.3) is 0 Å². The van der Waals surface area contributed by atoms with Gasteiger partial charge in [0, 0.05) is 19.0 Å². The number of carbonyl (C=O) groups excluding carboxylic acids is 1. The molecule has 0 aliphatic heterocycles. The lowest BCUT2D eigenvalue weighted by molar-refractivity contribution is -0.125. The van der Waals surface area contributed by atoms with Crippen molar-refractivity contribution in [3.05, 3.63) is 35.4 Å². The number of hydrogen-bond acceptors (Lipinski definition) is 2. The van der Waals surface area contributed by atoms with E-state index in [0.29, 0.717) is 19.0 Å². The molecule has 0 radical (unpaired) electrons. The average Bonchev–Trinajstić information content (AvgIpc) is 2.35. The van der Waals surface area contributed by atoms with Crippen LogP contribution in [0.3, 0.4) is 0 Å². The van der Waals surface area contributed by atoms with Crippen LogP contribution >= 0.6 is 0 Å². The van der Waals surface area contributed by atoms with Crippen molar-refractivity contribution >= 4 is 5.91 Å². The molecule has 1 aromatic rings. The predicted molar refractivity (Wildman–Crippen MR) is 70.2 cm³/mol. The van der Waals surface area contributed by atoms with Crippen LogP contribution in [0.1, 0.15) is 31.9 Å². The minimum Gasteiger partial charge on any atom is -0.352 e. The van der Waals surface area contributed by atoms with Crippen molar-refractivity contribution in [2.75, 3.05) is 0 Å². The highest BCUT2D eigenvalue weighted by Gasteiger charge is 2.15. The zero-order chi connectivity index (χ0) is 12.8. The molecule has 3 nitrogen and oxygen atoms in total. The maximum absolute atomic E-state index is 11.7. The molecule has 0 saturated carbocycles. The van der Waals surface area contributed by atoms with Crippen molar-refractivity contribution in [2.45, 2.75) is 33.9 Å². The Morgan fingerprint density at radius 1 is 1.18 bits per heavy atom. The molecular formula is C14H22N2O.